The zero-order chi connectivity index (χ0) is 12.7. The average molecular weight is 254 g/mol. The first-order valence-corrected chi connectivity index (χ1v) is 6.55. The number of carbonyl (C=O) groups excluding carboxylic acids is 1. The van der Waals surface area contributed by atoms with E-state index in [1.54, 1.807) is 0 Å². The van der Waals surface area contributed by atoms with E-state index in [-0.39, 0.29) is 5.91 Å². The third kappa shape index (κ3) is 5.73. The first kappa shape index (κ1) is 14.0. The Labute approximate surface area is 108 Å². The summed E-state index contributed by atoms with van der Waals surface area (Å²) in [5.41, 5.74) is 2.21. The Balaban J connectivity index is 2.31. The molecule has 17 heavy (non-hydrogen) atoms. The second kappa shape index (κ2) is 7.33. The number of nitrogens with one attached hydrogen (secondary N) is 1. The van der Waals surface area contributed by atoms with Gasteiger partial charge in [-0.3, -0.25) is 4.79 Å². The minimum absolute atomic E-state index is 0.125. The van der Waals surface area contributed by atoms with Gasteiger partial charge in [0.2, 0.25) is 5.91 Å². The standard InChI is InChI=1S/C14H20ClNO/c1-11(2)3-8-14(17)16-10-13-6-4-12(9-15)5-7-13/h4-7,11H,3,8-10H2,1-2H3,(H,16,17). The summed E-state index contributed by atoms with van der Waals surface area (Å²) in [5, 5.41) is 2.92. The van der Waals surface area contributed by atoms with E-state index in [9.17, 15) is 4.79 Å². The molecular weight excluding hydrogens is 234 g/mol. The Bertz CT molecular complexity index is 346. The van der Waals surface area contributed by atoms with Crippen LogP contribution in [-0.4, -0.2) is 5.91 Å². The van der Waals surface area contributed by atoms with Gasteiger partial charge in [-0.25, -0.2) is 0 Å². The second-order valence-electron chi connectivity index (χ2n) is 4.66. The molecule has 3 heteroatoms. The SMILES string of the molecule is CC(C)CCC(=O)NCc1ccc(CCl)cc1. The summed E-state index contributed by atoms with van der Waals surface area (Å²) in [6.07, 6.45) is 1.55. The maximum Gasteiger partial charge on any atom is 0.220 e. The molecule has 0 unspecified atom stereocenters. The van der Waals surface area contributed by atoms with Crippen LogP contribution in [0.1, 0.15) is 37.8 Å². The van der Waals surface area contributed by atoms with Crippen molar-refractivity contribution < 1.29 is 4.79 Å². The summed E-state index contributed by atoms with van der Waals surface area (Å²) in [5.74, 6) is 1.23. The lowest BCUT2D eigenvalue weighted by molar-refractivity contribution is -0.121. The lowest BCUT2D eigenvalue weighted by atomic mass is 10.1. The molecule has 0 saturated carbocycles. The van der Waals surface area contributed by atoms with E-state index in [0.29, 0.717) is 24.8 Å². The molecule has 0 bridgehead atoms. The fourth-order valence-electron chi connectivity index (χ4n) is 1.46. The van der Waals surface area contributed by atoms with Crippen LogP contribution in [-0.2, 0) is 17.2 Å². The maximum atomic E-state index is 11.5. The van der Waals surface area contributed by atoms with Gasteiger partial charge in [-0.05, 0) is 23.5 Å². The monoisotopic (exact) mass is 253 g/mol. The maximum absolute atomic E-state index is 11.5. The van der Waals surface area contributed by atoms with Crippen LogP contribution < -0.4 is 5.32 Å². The molecule has 2 nitrogen and oxygen atoms in total. The minimum Gasteiger partial charge on any atom is -0.352 e. The van der Waals surface area contributed by atoms with E-state index in [2.05, 4.69) is 19.2 Å². The molecule has 1 aromatic rings. The van der Waals surface area contributed by atoms with E-state index < -0.39 is 0 Å². The van der Waals surface area contributed by atoms with Gasteiger partial charge in [0.1, 0.15) is 0 Å². The van der Waals surface area contributed by atoms with E-state index in [0.717, 1.165) is 17.5 Å². The summed E-state index contributed by atoms with van der Waals surface area (Å²) in [7, 11) is 0. The molecule has 0 atom stereocenters. The van der Waals surface area contributed by atoms with Gasteiger partial charge in [-0.1, -0.05) is 38.1 Å². The number of carbonyl (C=O) groups is 1. The number of alkyl halides is 1. The molecule has 1 aromatic carbocycles. The quantitative estimate of drug-likeness (QED) is 0.773. The first-order valence-electron chi connectivity index (χ1n) is 6.02. The van der Waals surface area contributed by atoms with E-state index >= 15 is 0 Å². The summed E-state index contributed by atoms with van der Waals surface area (Å²) >= 11 is 5.71. The first-order chi connectivity index (χ1) is 8.11. The second-order valence-corrected chi connectivity index (χ2v) is 4.93. The highest BCUT2D eigenvalue weighted by Gasteiger charge is 2.03. The highest BCUT2D eigenvalue weighted by atomic mass is 35.5. The van der Waals surface area contributed by atoms with Crippen LogP contribution in [0.25, 0.3) is 0 Å². The predicted molar refractivity (Wildman–Crippen MR) is 71.9 cm³/mol. The molecule has 0 aliphatic heterocycles. The molecule has 0 aromatic heterocycles. The van der Waals surface area contributed by atoms with Gasteiger partial charge in [0.25, 0.3) is 0 Å². The van der Waals surface area contributed by atoms with E-state index in [1.807, 2.05) is 24.3 Å². The zero-order valence-electron chi connectivity index (χ0n) is 10.5. The van der Waals surface area contributed by atoms with Crippen molar-refractivity contribution in [3.8, 4) is 0 Å². The molecule has 0 aliphatic carbocycles. The van der Waals surface area contributed by atoms with Crippen molar-refractivity contribution >= 4 is 17.5 Å². The number of benzene rings is 1. The van der Waals surface area contributed by atoms with Crippen molar-refractivity contribution in [2.45, 2.75) is 39.1 Å². The third-order valence-electron chi connectivity index (χ3n) is 2.62. The third-order valence-corrected chi connectivity index (χ3v) is 2.92. The molecule has 94 valence electrons. The van der Waals surface area contributed by atoms with Crippen LogP contribution in [0.3, 0.4) is 0 Å². The van der Waals surface area contributed by atoms with Gasteiger partial charge in [0.05, 0.1) is 0 Å². The molecule has 1 rings (SSSR count). The summed E-state index contributed by atoms with van der Waals surface area (Å²) in [6.45, 7) is 4.84. The van der Waals surface area contributed by atoms with Gasteiger partial charge < -0.3 is 5.32 Å². The molecule has 1 N–H and O–H groups in total. The van der Waals surface area contributed by atoms with Crippen LogP contribution in [0.15, 0.2) is 24.3 Å². The van der Waals surface area contributed by atoms with Gasteiger partial charge in [-0.15, -0.1) is 11.6 Å². The Morgan fingerprint density at radius 3 is 2.35 bits per heavy atom. The van der Waals surface area contributed by atoms with Crippen LogP contribution in [0.5, 0.6) is 0 Å². The molecule has 0 spiro atoms. The van der Waals surface area contributed by atoms with Gasteiger partial charge in [0, 0.05) is 18.8 Å². The smallest absolute Gasteiger partial charge is 0.220 e. The van der Waals surface area contributed by atoms with Crippen molar-refractivity contribution in [3.63, 3.8) is 0 Å². The van der Waals surface area contributed by atoms with Crippen molar-refractivity contribution in [1.82, 2.24) is 5.32 Å². The van der Waals surface area contributed by atoms with Crippen molar-refractivity contribution in [3.05, 3.63) is 35.4 Å². The largest absolute Gasteiger partial charge is 0.352 e. The predicted octanol–water partition coefficient (Wildman–Crippen LogP) is 3.48. The number of halogens is 1. The molecule has 0 heterocycles. The van der Waals surface area contributed by atoms with Crippen molar-refractivity contribution in [1.29, 1.82) is 0 Å². The molecule has 0 saturated heterocycles. The molecule has 0 fully saturated rings. The number of hydrogen-bond acceptors (Lipinski definition) is 1. The number of hydrogen-bond donors (Lipinski definition) is 1. The fourth-order valence-corrected chi connectivity index (χ4v) is 1.63. The van der Waals surface area contributed by atoms with Crippen LogP contribution in [0, 0.1) is 5.92 Å². The fraction of sp³-hybridized carbons (Fsp3) is 0.500. The number of amides is 1. The zero-order valence-corrected chi connectivity index (χ0v) is 11.3. The highest BCUT2D eigenvalue weighted by molar-refractivity contribution is 6.17. The van der Waals surface area contributed by atoms with Gasteiger partial charge in [-0.2, -0.15) is 0 Å². The van der Waals surface area contributed by atoms with Gasteiger partial charge in [0.15, 0.2) is 0 Å². The average Bonchev–Trinajstić information content (AvgIpc) is 2.34. The Hall–Kier alpha value is -1.02. The normalized spacial score (nSPS) is 10.6. The molecule has 1 amide bonds. The highest BCUT2D eigenvalue weighted by Crippen LogP contribution is 2.07. The van der Waals surface area contributed by atoms with Crippen LogP contribution in [0.2, 0.25) is 0 Å². The lowest BCUT2D eigenvalue weighted by Crippen LogP contribution is -2.22. The Morgan fingerprint density at radius 2 is 1.82 bits per heavy atom. The molecule has 0 aliphatic rings. The summed E-state index contributed by atoms with van der Waals surface area (Å²) in [6, 6.07) is 7.98. The topological polar surface area (TPSA) is 29.1 Å². The Kier molecular flexibility index (Phi) is 6.06. The molecule has 0 radical (unpaired) electrons. The van der Waals surface area contributed by atoms with Crippen molar-refractivity contribution in [2.24, 2.45) is 5.92 Å². The minimum atomic E-state index is 0.125. The molecular formula is C14H20ClNO. The summed E-state index contributed by atoms with van der Waals surface area (Å²) in [4.78, 5) is 11.5. The lowest BCUT2D eigenvalue weighted by Gasteiger charge is -2.07. The van der Waals surface area contributed by atoms with Gasteiger partial charge >= 0.3 is 0 Å². The van der Waals surface area contributed by atoms with Crippen molar-refractivity contribution in [2.75, 3.05) is 0 Å². The summed E-state index contributed by atoms with van der Waals surface area (Å²) < 4.78 is 0. The number of rotatable bonds is 6. The van der Waals surface area contributed by atoms with Crippen LogP contribution in [0.4, 0.5) is 0 Å². The van der Waals surface area contributed by atoms with E-state index in [4.69, 9.17) is 11.6 Å². The Morgan fingerprint density at radius 1 is 1.24 bits per heavy atom. The van der Waals surface area contributed by atoms with Crippen LogP contribution >= 0.6 is 11.6 Å². The van der Waals surface area contributed by atoms with E-state index in [1.165, 1.54) is 0 Å².